The molecular weight excluding hydrogens is 395 g/mol. The fraction of sp³-hybridized carbons (Fsp3) is 0.294. The summed E-state index contributed by atoms with van der Waals surface area (Å²) in [4.78, 5) is 1.52. The van der Waals surface area contributed by atoms with Crippen LogP contribution in [0.3, 0.4) is 0 Å². The summed E-state index contributed by atoms with van der Waals surface area (Å²) in [6.07, 6.45) is 0. The maximum atomic E-state index is 13.9. The molecule has 0 unspecified atom stereocenters. The minimum Gasteiger partial charge on any atom is -0.329 e. The summed E-state index contributed by atoms with van der Waals surface area (Å²) in [5, 5.41) is 0. The number of piperazine rings is 1. The summed E-state index contributed by atoms with van der Waals surface area (Å²) < 4.78 is 41.4. The minimum atomic E-state index is -3.43. The number of benzene rings is 2. The molecule has 1 fully saturated rings. The topological polar surface area (TPSA) is 41.8 Å². The van der Waals surface area contributed by atoms with Gasteiger partial charge in [-0.3, -0.25) is 0 Å². The average molecular weight is 414 g/mol. The van der Waals surface area contributed by atoms with Crippen LogP contribution >= 0.6 is 15.9 Å². The molecule has 2 aromatic rings. The lowest BCUT2D eigenvalue weighted by Crippen LogP contribution is -3.13. The van der Waals surface area contributed by atoms with Gasteiger partial charge in [0.15, 0.2) is 0 Å². The number of sulfonamides is 1. The minimum absolute atomic E-state index is 0.226. The molecule has 1 aliphatic heterocycles. The second kappa shape index (κ2) is 7.31. The summed E-state index contributed by atoms with van der Waals surface area (Å²) in [6, 6.07) is 13.6. The van der Waals surface area contributed by atoms with E-state index in [1.54, 1.807) is 36.4 Å². The Labute approximate surface area is 150 Å². The molecule has 7 heteroatoms. The van der Waals surface area contributed by atoms with Gasteiger partial charge in [-0.2, -0.15) is 4.31 Å². The number of quaternary nitrogens is 1. The van der Waals surface area contributed by atoms with E-state index in [0.29, 0.717) is 43.2 Å². The van der Waals surface area contributed by atoms with Crippen LogP contribution in [0.25, 0.3) is 0 Å². The Hall–Kier alpha value is -1.28. The van der Waals surface area contributed by atoms with Gasteiger partial charge in [-0.15, -0.1) is 0 Å². The summed E-state index contributed by atoms with van der Waals surface area (Å²) in [5.41, 5.74) is 0.660. The second-order valence-electron chi connectivity index (χ2n) is 5.88. The van der Waals surface area contributed by atoms with Gasteiger partial charge in [0.25, 0.3) is 0 Å². The normalized spacial score (nSPS) is 17.1. The van der Waals surface area contributed by atoms with E-state index < -0.39 is 10.0 Å². The Morgan fingerprint density at radius 3 is 2.38 bits per heavy atom. The van der Waals surface area contributed by atoms with Crippen LogP contribution in [0, 0.1) is 5.82 Å². The van der Waals surface area contributed by atoms with Gasteiger partial charge >= 0.3 is 0 Å². The van der Waals surface area contributed by atoms with Crippen LogP contribution in [0.5, 0.6) is 0 Å². The molecular formula is C17H19BrFN2O2S+. The highest BCUT2D eigenvalue weighted by Crippen LogP contribution is 2.16. The average Bonchev–Trinajstić information content (AvgIpc) is 2.59. The van der Waals surface area contributed by atoms with E-state index in [4.69, 9.17) is 0 Å². The predicted octanol–water partition coefficient (Wildman–Crippen LogP) is 1.68. The summed E-state index contributed by atoms with van der Waals surface area (Å²) >= 11 is 3.25. The van der Waals surface area contributed by atoms with E-state index in [1.165, 1.54) is 15.3 Å². The number of hydrogen-bond donors (Lipinski definition) is 1. The molecule has 0 atom stereocenters. The summed E-state index contributed by atoms with van der Waals surface area (Å²) in [7, 11) is -3.43. The van der Waals surface area contributed by atoms with Crippen molar-refractivity contribution in [3.63, 3.8) is 0 Å². The zero-order valence-corrected chi connectivity index (χ0v) is 15.5. The summed E-state index contributed by atoms with van der Waals surface area (Å²) in [6.45, 7) is 2.80. The van der Waals surface area contributed by atoms with E-state index in [0.717, 1.165) is 4.47 Å². The highest BCUT2D eigenvalue weighted by atomic mass is 79.9. The maximum Gasteiger partial charge on any atom is 0.243 e. The molecule has 1 heterocycles. The molecule has 0 amide bonds. The summed E-state index contributed by atoms with van der Waals surface area (Å²) in [5.74, 6) is -0.226. The monoisotopic (exact) mass is 413 g/mol. The molecule has 0 spiro atoms. The third kappa shape index (κ3) is 3.85. The Morgan fingerprint density at radius 2 is 1.75 bits per heavy atom. The number of halogens is 2. The van der Waals surface area contributed by atoms with Crippen molar-refractivity contribution in [3.8, 4) is 0 Å². The smallest absolute Gasteiger partial charge is 0.243 e. The van der Waals surface area contributed by atoms with Crippen molar-refractivity contribution in [1.29, 1.82) is 0 Å². The van der Waals surface area contributed by atoms with E-state index >= 15 is 0 Å². The largest absolute Gasteiger partial charge is 0.329 e. The molecule has 1 saturated heterocycles. The van der Waals surface area contributed by atoms with Crippen LogP contribution < -0.4 is 4.90 Å². The number of hydrogen-bond acceptors (Lipinski definition) is 2. The van der Waals surface area contributed by atoms with E-state index in [2.05, 4.69) is 15.9 Å². The van der Waals surface area contributed by atoms with Crippen molar-refractivity contribution >= 4 is 26.0 Å². The van der Waals surface area contributed by atoms with Crippen LogP contribution in [-0.4, -0.2) is 38.9 Å². The molecule has 1 aliphatic rings. The second-order valence-corrected chi connectivity index (χ2v) is 8.73. The van der Waals surface area contributed by atoms with Crippen molar-refractivity contribution in [3.05, 3.63) is 64.4 Å². The van der Waals surface area contributed by atoms with Crippen LogP contribution in [0.15, 0.2) is 57.9 Å². The van der Waals surface area contributed by atoms with E-state index in [-0.39, 0.29) is 5.82 Å². The van der Waals surface area contributed by atoms with Crippen molar-refractivity contribution in [2.45, 2.75) is 11.4 Å². The Kier molecular flexibility index (Phi) is 5.34. The SMILES string of the molecule is O=S(=O)(c1ccccc1)N1CC[NH+](Cc2ccc(Br)cc2F)CC1. The molecule has 3 rings (SSSR count). The van der Waals surface area contributed by atoms with Gasteiger partial charge in [0.2, 0.25) is 10.0 Å². The lowest BCUT2D eigenvalue weighted by atomic mass is 10.2. The lowest BCUT2D eigenvalue weighted by molar-refractivity contribution is -0.917. The molecule has 0 radical (unpaired) electrons. The Balaban J connectivity index is 1.64. The quantitative estimate of drug-likeness (QED) is 0.828. The first kappa shape index (κ1) is 17.5. The predicted molar refractivity (Wildman–Crippen MR) is 93.7 cm³/mol. The number of rotatable bonds is 4. The Bertz CT molecular complexity index is 807. The molecule has 0 aromatic heterocycles. The van der Waals surface area contributed by atoms with E-state index in [1.807, 2.05) is 6.07 Å². The molecule has 24 heavy (non-hydrogen) atoms. The van der Waals surface area contributed by atoms with Gasteiger partial charge in [0.1, 0.15) is 12.4 Å². The molecule has 2 aromatic carbocycles. The third-order valence-corrected chi connectivity index (χ3v) is 6.67. The fourth-order valence-corrected chi connectivity index (χ4v) is 4.69. The van der Waals surface area contributed by atoms with Crippen LogP contribution in [-0.2, 0) is 16.6 Å². The highest BCUT2D eigenvalue weighted by molar-refractivity contribution is 9.10. The fourth-order valence-electron chi connectivity index (χ4n) is 2.90. The van der Waals surface area contributed by atoms with Gasteiger partial charge in [-0.05, 0) is 30.3 Å². The first-order valence-corrected chi connectivity index (χ1v) is 10.0. The Morgan fingerprint density at radius 1 is 1.08 bits per heavy atom. The van der Waals surface area contributed by atoms with Crippen molar-refractivity contribution in [2.75, 3.05) is 26.2 Å². The third-order valence-electron chi connectivity index (χ3n) is 4.27. The number of nitrogens with zero attached hydrogens (tertiary/aromatic N) is 1. The van der Waals surface area contributed by atoms with Crippen molar-refractivity contribution < 1.29 is 17.7 Å². The molecule has 0 bridgehead atoms. The van der Waals surface area contributed by atoms with Gasteiger partial charge in [0.05, 0.1) is 31.1 Å². The molecule has 128 valence electrons. The van der Waals surface area contributed by atoms with Gasteiger partial charge in [-0.1, -0.05) is 34.1 Å². The van der Waals surface area contributed by atoms with Gasteiger partial charge in [0, 0.05) is 10.0 Å². The number of nitrogens with one attached hydrogen (secondary N) is 1. The lowest BCUT2D eigenvalue weighted by Gasteiger charge is -2.31. The van der Waals surface area contributed by atoms with Gasteiger partial charge < -0.3 is 4.90 Å². The van der Waals surface area contributed by atoms with Crippen LogP contribution in [0.4, 0.5) is 4.39 Å². The van der Waals surface area contributed by atoms with Crippen LogP contribution in [0.2, 0.25) is 0 Å². The zero-order chi connectivity index (χ0) is 17.2. The first-order chi connectivity index (χ1) is 11.5. The van der Waals surface area contributed by atoms with Crippen LogP contribution in [0.1, 0.15) is 5.56 Å². The standard InChI is InChI=1S/C17H18BrFN2O2S/c18-15-7-6-14(17(19)12-15)13-20-8-10-21(11-9-20)24(22,23)16-4-2-1-3-5-16/h1-7,12H,8-11,13H2/p+1. The molecule has 0 aliphatic carbocycles. The van der Waals surface area contributed by atoms with Gasteiger partial charge in [-0.25, -0.2) is 12.8 Å². The maximum absolute atomic E-state index is 13.9. The highest BCUT2D eigenvalue weighted by Gasteiger charge is 2.30. The molecule has 4 nitrogen and oxygen atoms in total. The first-order valence-electron chi connectivity index (χ1n) is 7.79. The zero-order valence-electron chi connectivity index (χ0n) is 13.1. The van der Waals surface area contributed by atoms with Crippen molar-refractivity contribution in [1.82, 2.24) is 4.31 Å². The molecule has 0 saturated carbocycles. The van der Waals surface area contributed by atoms with E-state index in [9.17, 15) is 12.8 Å². The van der Waals surface area contributed by atoms with Crippen molar-refractivity contribution in [2.24, 2.45) is 0 Å². The molecule has 1 N–H and O–H groups in total.